The van der Waals surface area contributed by atoms with Crippen LogP contribution in [0.4, 0.5) is 5.69 Å². The molecule has 0 aliphatic heterocycles. The number of nitrogens with zero attached hydrogens (tertiary/aromatic N) is 4. The van der Waals surface area contributed by atoms with E-state index in [0.29, 0.717) is 22.1 Å². The Balaban J connectivity index is 1.56. The van der Waals surface area contributed by atoms with Crippen LogP contribution >= 0.6 is 11.6 Å². The van der Waals surface area contributed by atoms with Crippen LogP contribution in [-0.4, -0.2) is 25.8 Å². The summed E-state index contributed by atoms with van der Waals surface area (Å²) in [5.41, 5.74) is 3.17. The summed E-state index contributed by atoms with van der Waals surface area (Å²) < 4.78 is 6.34. The molecule has 0 aliphatic rings. The van der Waals surface area contributed by atoms with Crippen molar-refractivity contribution in [1.29, 1.82) is 0 Å². The van der Waals surface area contributed by atoms with Gasteiger partial charge in [-0.3, -0.25) is 9.59 Å². The van der Waals surface area contributed by atoms with E-state index in [-0.39, 0.29) is 24.0 Å². The molecule has 4 aromatic rings. The van der Waals surface area contributed by atoms with Crippen LogP contribution in [0.5, 0.6) is 0 Å². The van der Waals surface area contributed by atoms with Gasteiger partial charge in [-0.25, -0.2) is 4.68 Å². The number of amides is 1. The molecule has 0 spiro atoms. The third-order valence-electron chi connectivity index (χ3n) is 4.56. The van der Waals surface area contributed by atoms with E-state index in [4.69, 9.17) is 16.1 Å². The van der Waals surface area contributed by atoms with E-state index in [1.165, 1.54) is 12.1 Å². The third kappa shape index (κ3) is 4.70. The van der Waals surface area contributed by atoms with Gasteiger partial charge in [0, 0.05) is 22.3 Å². The summed E-state index contributed by atoms with van der Waals surface area (Å²) in [6, 6.07) is 15.6. The molecule has 2 aromatic heterocycles. The van der Waals surface area contributed by atoms with E-state index in [2.05, 4.69) is 20.6 Å². The van der Waals surface area contributed by atoms with Crippen molar-refractivity contribution in [3.63, 3.8) is 0 Å². The van der Waals surface area contributed by atoms with Crippen molar-refractivity contribution in [2.24, 2.45) is 0 Å². The summed E-state index contributed by atoms with van der Waals surface area (Å²) in [6.07, 6.45) is 0. The van der Waals surface area contributed by atoms with Crippen molar-refractivity contribution in [3.8, 4) is 23.0 Å². The van der Waals surface area contributed by atoms with Gasteiger partial charge in [-0.2, -0.15) is 10.1 Å². The minimum atomic E-state index is -0.422. The molecule has 2 heterocycles. The summed E-state index contributed by atoms with van der Waals surface area (Å²) in [5.74, 6) is 0.0916. The highest BCUT2D eigenvalue weighted by Crippen LogP contribution is 2.23. The normalized spacial score (nSPS) is 10.8. The molecule has 31 heavy (non-hydrogen) atoms. The van der Waals surface area contributed by atoms with E-state index in [1.807, 2.05) is 32.0 Å². The Labute approximate surface area is 182 Å². The second-order valence-electron chi connectivity index (χ2n) is 7.01. The summed E-state index contributed by atoms with van der Waals surface area (Å²) in [4.78, 5) is 29.0. The number of halogens is 1. The van der Waals surface area contributed by atoms with Gasteiger partial charge in [0.1, 0.15) is 12.2 Å². The van der Waals surface area contributed by atoms with Crippen LogP contribution < -0.4 is 10.9 Å². The Kier molecular flexibility index (Phi) is 5.64. The number of hydrogen-bond acceptors (Lipinski definition) is 6. The highest BCUT2D eigenvalue weighted by Gasteiger charge is 2.15. The number of carbonyl (C=O) groups excluding carboxylic acids is 1. The lowest BCUT2D eigenvalue weighted by Crippen LogP contribution is -2.29. The minimum absolute atomic E-state index is 0.124. The van der Waals surface area contributed by atoms with Crippen molar-refractivity contribution in [2.45, 2.75) is 20.4 Å². The molecule has 0 unspecified atom stereocenters. The molecule has 2 aromatic carbocycles. The maximum absolute atomic E-state index is 12.5. The molecule has 156 valence electrons. The zero-order chi connectivity index (χ0) is 22.0. The molecular weight excluding hydrogens is 418 g/mol. The van der Waals surface area contributed by atoms with Gasteiger partial charge >= 0.3 is 0 Å². The van der Waals surface area contributed by atoms with E-state index in [9.17, 15) is 9.59 Å². The number of rotatable bonds is 5. The fourth-order valence-corrected chi connectivity index (χ4v) is 3.14. The maximum atomic E-state index is 12.5. The van der Waals surface area contributed by atoms with Gasteiger partial charge in [0.05, 0.1) is 0 Å². The first-order chi connectivity index (χ1) is 14.9. The molecule has 8 nitrogen and oxygen atoms in total. The van der Waals surface area contributed by atoms with Crippen LogP contribution in [0.15, 0.2) is 63.9 Å². The van der Waals surface area contributed by atoms with Gasteiger partial charge in [-0.15, -0.1) is 0 Å². The summed E-state index contributed by atoms with van der Waals surface area (Å²) in [6.45, 7) is 3.58. The van der Waals surface area contributed by atoms with Crippen molar-refractivity contribution in [3.05, 3.63) is 81.1 Å². The third-order valence-corrected chi connectivity index (χ3v) is 4.79. The van der Waals surface area contributed by atoms with Gasteiger partial charge in [-0.05, 0) is 49.2 Å². The van der Waals surface area contributed by atoms with Crippen LogP contribution in [0.2, 0.25) is 5.02 Å². The first-order valence-electron chi connectivity index (χ1n) is 9.44. The molecule has 0 radical (unpaired) electrons. The molecule has 0 atom stereocenters. The van der Waals surface area contributed by atoms with Crippen molar-refractivity contribution in [1.82, 2.24) is 19.9 Å². The quantitative estimate of drug-likeness (QED) is 0.510. The fraction of sp³-hybridized carbons (Fsp3) is 0.136. The predicted molar refractivity (Wildman–Crippen MR) is 117 cm³/mol. The minimum Gasteiger partial charge on any atom is -0.332 e. The lowest BCUT2D eigenvalue weighted by Gasteiger charge is -2.10. The van der Waals surface area contributed by atoms with Gasteiger partial charge in [0.15, 0.2) is 0 Å². The zero-order valence-electron chi connectivity index (χ0n) is 16.8. The van der Waals surface area contributed by atoms with E-state index in [0.717, 1.165) is 15.8 Å². The standard InChI is InChI=1S/C22H18ClN5O3/c1-13-6-7-14(2)18(10-13)24-19(29)12-28-20(30)9-8-17(26-28)22-25-21(27-31-22)15-4-3-5-16(23)11-15/h3-11H,12H2,1-2H3,(H,24,29). The molecule has 0 fully saturated rings. The number of hydrogen-bond donors (Lipinski definition) is 1. The Morgan fingerprint density at radius 3 is 2.77 bits per heavy atom. The number of anilines is 1. The van der Waals surface area contributed by atoms with Crippen molar-refractivity contribution < 1.29 is 9.32 Å². The molecule has 9 heteroatoms. The second kappa shape index (κ2) is 8.53. The summed E-state index contributed by atoms with van der Waals surface area (Å²) in [5, 5.41) is 11.5. The Bertz CT molecular complexity index is 1330. The lowest BCUT2D eigenvalue weighted by molar-refractivity contribution is -0.117. The number of carbonyl (C=O) groups is 1. The van der Waals surface area contributed by atoms with Gasteiger partial charge < -0.3 is 9.84 Å². The van der Waals surface area contributed by atoms with Gasteiger partial charge in [0.25, 0.3) is 11.4 Å². The molecule has 1 N–H and O–H groups in total. The maximum Gasteiger partial charge on any atom is 0.278 e. The molecule has 1 amide bonds. The number of nitrogens with one attached hydrogen (secondary N) is 1. The van der Waals surface area contributed by atoms with Crippen LogP contribution in [0.3, 0.4) is 0 Å². The van der Waals surface area contributed by atoms with Crippen LogP contribution in [-0.2, 0) is 11.3 Å². The van der Waals surface area contributed by atoms with E-state index < -0.39 is 5.56 Å². The first kappa shape index (κ1) is 20.5. The second-order valence-corrected chi connectivity index (χ2v) is 7.45. The number of benzene rings is 2. The molecular formula is C22H18ClN5O3. The summed E-state index contributed by atoms with van der Waals surface area (Å²) in [7, 11) is 0. The van der Waals surface area contributed by atoms with E-state index in [1.54, 1.807) is 24.3 Å². The Morgan fingerprint density at radius 2 is 1.97 bits per heavy atom. The van der Waals surface area contributed by atoms with Crippen LogP contribution in [0.1, 0.15) is 11.1 Å². The number of aromatic nitrogens is 4. The average molecular weight is 436 g/mol. The van der Waals surface area contributed by atoms with Crippen LogP contribution in [0.25, 0.3) is 23.0 Å². The van der Waals surface area contributed by atoms with Crippen LogP contribution in [0, 0.1) is 13.8 Å². The topological polar surface area (TPSA) is 103 Å². The van der Waals surface area contributed by atoms with Crippen molar-refractivity contribution >= 4 is 23.2 Å². The largest absolute Gasteiger partial charge is 0.332 e. The number of aryl methyl sites for hydroxylation is 2. The highest BCUT2D eigenvalue weighted by molar-refractivity contribution is 6.30. The van der Waals surface area contributed by atoms with E-state index >= 15 is 0 Å². The molecule has 4 rings (SSSR count). The monoisotopic (exact) mass is 435 g/mol. The molecule has 0 aliphatic carbocycles. The van der Waals surface area contributed by atoms with Gasteiger partial charge in [-0.1, -0.05) is 41.0 Å². The highest BCUT2D eigenvalue weighted by atomic mass is 35.5. The SMILES string of the molecule is Cc1ccc(C)c(NC(=O)Cn2nc(-c3nc(-c4cccc(Cl)c4)no3)ccc2=O)c1. The Morgan fingerprint density at radius 1 is 1.13 bits per heavy atom. The molecule has 0 saturated carbocycles. The fourth-order valence-electron chi connectivity index (χ4n) is 2.94. The predicted octanol–water partition coefficient (Wildman–Crippen LogP) is 3.87. The molecule has 0 bridgehead atoms. The first-order valence-corrected chi connectivity index (χ1v) is 9.82. The summed E-state index contributed by atoms with van der Waals surface area (Å²) >= 11 is 6.01. The van der Waals surface area contributed by atoms with Gasteiger partial charge in [0.2, 0.25) is 11.7 Å². The zero-order valence-corrected chi connectivity index (χ0v) is 17.6. The Hall–Kier alpha value is -3.78. The lowest BCUT2D eigenvalue weighted by atomic mass is 10.1. The smallest absolute Gasteiger partial charge is 0.278 e. The molecule has 0 saturated heterocycles. The van der Waals surface area contributed by atoms with Crippen molar-refractivity contribution in [2.75, 3.05) is 5.32 Å². The average Bonchev–Trinajstić information content (AvgIpc) is 3.23.